The van der Waals surface area contributed by atoms with E-state index < -0.39 is 0 Å². The van der Waals surface area contributed by atoms with Gasteiger partial charge in [0.2, 0.25) is 0 Å². The standard InChI is InChI=1S/C23H22N4O2S/c28-14-13-26(12-11-18-7-3-1-4-8-18)23(29)21-17-30-22(25-21)19-15-24-27(16-19)20-9-5-2-6-10-20/h1-10,15-17,28H,11-14H2. The SMILES string of the molecule is O=C(c1csc(-c2cnn(-c3ccccc3)c2)n1)N(CCO)CCc1ccccc1. The number of hydrogen-bond donors (Lipinski definition) is 1. The summed E-state index contributed by atoms with van der Waals surface area (Å²) in [6.07, 6.45) is 4.39. The molecule has 30 heavy (non-hydrogen) atoms. The number of benzene rings is 2. The maximum atomic E-state index is 13.0. The molecule has 0 bridgehead atoms. The monoisotopic (exact) mass is 418 g/mol. The van der Waals surface area contributed by atoms with Crippen molar-refractivity contribution in [1.82, 2.24) is 19.7 Å². The van der Waals surface area contributed by atoms with Crippen LogP contribution in [0.5, 0.6) is 0 Å². The number of hydrogen-bond acceptors (Lipinski definition) is 5. The highest BCUT2D eigenvalue weighted by Crippen LogP contribution is 2.25. The zero-order chi connectivity index (χ0) is 20.8. The number of aliphatic hydroxyl groups excluding tert-OH is 1. The largest absolute Gasteiger partial charge is 0.395 e. The Labute approximate surface area is 179 Å². The first kappa shape index (κ1) is 20.0. The van der Waals surface area contributed by atoms with Crippen LogP contribution in [-0.2, 0) is 6.42 Å². The van der Waals surface area contributed by atoms with Crippen LogP contribution in [0.4, 0.5) is 0 Å². The lowest BCUT2D eigenvalue weighted by Crippen LogP contribution is -2.35. The minimum absolute atomic E-state index is 0.0820. The molecule has 152 valence electrons. The van der Waals surface area contributed by atoms with Crippen LogP contribution >= 0.6 is 11.3 Å². The van der Waals surface area contributed by atoms with Crippen molar-refractivity contribution in [1.29, 1.82) is 0 Å². The van der Waals surface area contributed by atoms with Crippen LogP contribution in [0, 0.1) is 0 Å². The van der Waals surface area contributed by atoms with E-state index in [2.05, 4.69) is 10.1 Å². The van der Waals surface area contributed by atoms with Crippen molar-refractivity contribution in [3.8, 4) is 16.3 Å². The van der Waals surface area contributed by atoms with Crippen LogP contribution in [0.25, 0.3) is 16.3 Å². The zero-order valence-electron chi connectivity index (χ0n) is 16.4. The van der Waals surface area contributed by atoms with Crippen molar-refractivity contribution in [3.63, 3.8) is 0 Å². The zero-order valence-corrected chi connectivity index (χ0v) is 17.2. The molecule has 2 aromatic carbocycles. The summed E-state index contributed by atoms with van der Waals surface area (Å²) < 4.78 is 1.79. The Kier molecular flexibility index (Phi) is 6.32. The molecule has 4 aromatic rings. The van der Waals surface area contributed by atoms with Gasteiger partial charge in [0.1, 0.15) is 10.7 Å². The van der Waals surface area contributed by atoms with Crippen LogP contribution in [0.3, 0.4) is 0 Å². The van der Waals surface area contributed by atoms with E-state index in [0.29, 0.717) is 12.2 Å². The third kappa shape index (κ3) is 4.64. The van der Waals surface area contributed by atoms with Crippen LogP contribution < -0.4 is 0 Å². The maximum absolute atomic E-state index is 13.0. The molecule has 0 unspecified atom stereocenters. The summed E-state index contributed by atoms with van der Waals surface area (Å²) >= 11 is 1.42. The van der Waals surface area contributed by atoms with Crippen LogP contribution in [-0.4, -0.2) is 50.4 Å². The Hall–Kier alpha value is -3.29. The summed E-state index contributed by atoms with van der Waals surface area (Å²) in [5.41, 5.74) is 3.37. The molecule has 0 atom stereocenters. The fourth-order valence-electron chi connectivity index (χ4n) is 3.17. The minimum Gasteiger partial charge on any atom is -0.395 e. The summed E-state index contributed by atoms with van der Waals surface area (Å²) in [7, 11) is 0. The van der Waals surface area contributed by atoms with Gasteiger partial charge in [0, 0.05) is 30.2 Å². The molecule has 0 aliphatic carbocycles. The number of thiazole rings is 1. The van der Waals surface area contributed by atoms with Gasteiger partial charge in [-0.25, -0.2) is 9.67 Å². The Morgan fingerprint density at radius 3 is 2.50 bits per heavy atom. The Balaban J connectivity index is 1.47. The Bertz CT molecular complexity index is 1090. The van der Waals surface area contributed by atoms with E-state index in [1.54, 1.807) is 21.2 Å². The molecule has 2 aromatic heterocycles. The molecule has 0 fully saturated rings. The lowest BCUT2D eigenvalue weighted by molar-refractivity contribution is 0.0719. The topological polar surface area (TPSA) is 71.2 Å². The third-order valence-corrected chi connectivity index (χ3v) is 5.64. The van der Waals surface area contributed by atoms with Crippen molar-refractivity contribution in [2.45, 2.75) is 6.42 Å². The van der Waals surface area contributed by atoms with E-state index in [4.69, 9.17) is 0 Å². The lowest BCUT2D eigenvalue weighted by atomic mass is 10.1. The van der Waals surface area contributed by atoms with Crippen molar-refractivity contribution in [3.05, 3.63) is 89.7 Å². The molecule has 0 aliphatic rings. The van der Waals surface area contributed by atoms with E-state index in [0.717, 1.165) is 28.2 Å². The van der Waals surface area contributed by atoms with Gasteiger partial charge < -0.3 is 10.0 Å². The Morgan fingerprint density at radius 2 is 1.77 bits per heavy atom. The molecular formula is C23H22N4O2S. The third-order valence-electron chi connectivity index (χ3n) is 4.74. The van der Waals surface area contributed by atoms with Gasteiger partial charge >= 0.3 is 0 Å². The van der Waals surface area contributed by atoms with Gasteiger partial charge in [-0.15, -0.1) is 11.3 Å². The molecule has 0 radical (unpaired) electrons. The van der Waals surface area contributed by atoms with Gasteiger partial charge in [0.05, 0.1) is 18.5 Å². The van der Waals surface area contributed by atoms with Crippen LogP contribution in [0.1, 0.15) is 16.1 Å². The molecule has 0 aliphatic heterocycles. The summed E-state index contributed by atoms with van der Waals surface area (Å²) in [4.78, 5) is 19.2. The average molecular weight is 419 g/mol. The van der Waals surface area contributed by atoms with E-state index in [-0.39, 0.29) is 19.1 Å². The fourth-order valence-corrected chi connectivity index (χ4v) is 3.94. The van der Waals surface area contributed by atoms with E-state index in [1.165, 1.54) is 11.3 Å². The first-order chi connectivity index (χ1) is 14.7. The molecule has 6 nitrogen and oxygen atoms in total. The van der Waals surface area contributed by atoms with Crippen molar-refractivity contribution >= 4 is 17.2 Å². The summed E-state index contributed by atoms with van der Waals surface area (Å²) in [6.45, 7) is 0.730. The van der Waals surface area contributed by atoms with Gasteiger partial charge in [-0.1, -0.05) is 48.5 Å². The predicted molar refractivity (Wildman–Crippen MR) is 118 cm³/mol. The Morgan fingerprint density at radius 1 is 1.03 bits per heavy atom. The quantitative estimate of drug-likeness (QED) is 0.474. The van der Waals surface area contributed by atoms with Crippen molar-refractivity contribution in [2.75, 3.05) is 19.7 Å². The van der Waals surface area contributed by atoms with Gasteiger partial charge in [-0.05, 0) is 24.1 Å². The maximum Gasteiger partial charge on any atom is 0.273 e. The van der Waals surface area contributed by atoms with E-state index in [9.17, 15) is 9.90 Å². The molecule has 1 amide bonds. The molecule has 1 N–H and O–H groups in total. The predicted octanol–water partition coefficient (Wildman–Crippen LogP) is 3.67. The highest BCUT2D eigenvalue weighted by atomic mass is 32.1. The van der Waals surface area contributed by atoms with E-state index >= 15 is 0 Å². The van der Waals surface area contributed by atoms with Gasteiger partial charge in [-0.3, -0.25) is 4.79 Å². The normalized spacial score (nSPS) is 10.8. The molecule has 4 rings (SSSR count). The van der Waals surface area contributed by atoms with Crippen molar-refractivity contribution < 1.29 is 9.90 Å². The summed E-state index contributed by atoms with van der Waals surface area (Å²) in [5, 5.41) is 16.3. The molecular weight excluding hydrogens is 396 g/mol. The molecule has 7 heteroatoms. The minimum atomic E-state index is -0.169. The number of carbonyl (C=O) groups is 1. The number of aliphatic hydroxyl groups is 1. The van der Waals surface area contributed by atoms with Gasteiger partial charge in [0.15, 0.2) is 0 Å². The number of para-hydroxylation sites is 1. The van der Waals surface area contributed by atoms with Crippen LogP contribution in [0.15, 0.2) is 78.4 Å². The molecule has 0 saturated carbocycles. The number of rotatable bonds is 8. The van der Waals surface area contributed by atoms with Gasteiger partial charge in [0.25, 0.3) is 5.91 Å². The number of carbonyl (C=O) groups excluding carboxylic acids is 1. The summed E-state index contributed by atoms with van der Waals surface area (Å²) in [6, 6.07) is 19.8. The van der Waals surface area contributed by atoms with Crippen LogP contribution in [0.2, 0.25) is 0 Å². The van der Waals surface area contributed by atoms with Crippen molar-refractivity contribution in [2.24, 2.45) is 0 Å². The average Bonchev–Trinajstić information content (AvgIpc) is 3.47. The fraction of sp³-hybridized carbons (Fsp3) is 0.174. The second-order valence-corrected chi connectivity index (χ2v) is 7.66. The second kappa shape index (κ2) is 9.47. The first-order valence-electron chi connectivity index (χ1n) is 9.74. The number of aromatic nitrogens is 3. The lowest BCUT2D eigenvalue weighted by Gasteiger charge is -2.20. The highest BCUT2D eigenvalue weighted by molar-refractivity contribution is 7.13. The molecule has 2 heterocycles. The number of nitrogens with zero attached hydrogens (tertiary/aromatic N) is 4. The highest BCUT2D eigenvalue weighted by Gasteiger charge is 2.19. The molecule has 0 spiro atoms. The van der Waals surface area contributed by atoms with E-state index in [1.807, 2.05) is 66.9 Å². The first-order valence-corrected chi connectivity index (χ1v) is 10.6. The number of amides is 1. The summed E-state index contributed by atoms with van der Waals surface area (Å²) in [5.74, 6) is -0.169. The smallest absolute Gasteiger partial charge is 0.273 e. The second-order valence-electron chi connectivity index (χ2n) is 6.80. The molecule has 0 saturated heterocycles. The van der Waals surface area contributed by atoms with Gasteiger partial charge in [-0.2, -0.15) is 5.10 Å².